The van der Waals surface area contributed by atoms with Gasteiger partial charge < -0.3 is 10.2 Å². The van der Waals surface area contributed by atoms with Gasteiger partial charge in [-0.25, -0.2) is 4.98 Å². The van der Waals surface area contributed by atoms with Gasteiger partial charge in [-0.1, -0.05) is 6.92 Å². The molecular weight excluding hydrogens is 338 g/mol. The molecule has 1 aliphatic carbocycles. The molecule has 128 valence electrons. The van der Waals surface area contributed by atoms with E-state index in [2.05, 4.69) is 39.0 Å². The van der Waals surface area contributed by atoms with Crippen LogP contribution in [-0.2, 0) is 13.0 Å². The van der Waals surface area contributed by atoms with E-state index >= 15 is 0 Å². The van der Waals surface area contributed by atoms with Crippen LogP contribution in [0.5, 0.6) is 0 Å². The first-order valence-corrected chi connectivity index (χ1v) is 10.5. The molecule has 1 saturated carbocycles. The van der Waals surface area contributed by atoms with Crippen LogP contribution < -0.4 is 5.32 Å². The molecule has 2 fully saturated rings. The van der Waals surface area contributed by atoms with Gasteiger partial charge in [-0.05, 0) is 66.6 Å². The third kappa shape index (κ3) is 3.03. The Morgan fingerprint density at radius 3 is 2.96 bits per heavy atom. The molecule has 1 aliphatic heterocycles. The number of carbonyl (C=O) groups is 1. The smallest absolute Gasteiger partial charge is 0.266 e. The normalized spacial score (nSPS) is 21.8. The topological polar surface area (TPSA) is 45.2 Å². The fourth-order valence-corrected chi connectivity index (χ4v) is 5.32. The number of rotatable bonds is 5. The maximum Gasteiger partial charge on any atom is 0.266 e. The maximum atomic E-state index is 13.2. The first kappa shape index (κ1) is 16.2. The van der Waals surface area contributed by atoms with Crippen molar-refractivity contribution in [2.24, 2.45) is 5.41 Å². The van der Waals surface area contributed by atoms with Crippen LogP contribution >= 0.6 is 22.7 Å². The molecule has 4 rings (SSSR count). The van der Waals surface area contributed by atoms with Gasteiger partial charge in [0.2, 0.25) is 0 Å². The van der Waals surface area contributed by atoms with Gasteiger partial charge in [0.05, 0.1) is 11.2 Å². The number of thiazole rings is 1. The van der Waals surface area contributed by atoms with Crippen molar-refractivity contribution in [3.05, 3.63) is 38.5 Å². The molecule has 0 radical (unpaired) electrons. The summed E-state index contributed by atoms with van der Waals surface area (Å²) in [5.74, 6) is 0.166. The van der Waals surface area contributed by atoms with Crippen LogP contribution in [0.4, 0.5) is 0 Å². The minimum Gasteiger partial charge on any atom is -0.330 e. The lowest BCUT2D eigenvalue weighted by Gasteiger charge is -2.29. The summed E-state index contributed by atoms with van der Waals surface area (Å²) in [4.78, 5) is 20.5. The summed E-state index contributed by atoms with van der Waals surface area (Å²) in [6.07, 6.45) is 6.19. The van der Waals surface area contributed by atoms with Crippen LogP contribution in [0, 0.1) is 5.41 Å². The van der Waals surface area contributed by atoms with Crippen molar-refractivity contribution in [2.45, 2.75) is 45.2 Å². The lowest BCUT2D eigenvalue weighted by molar-refractivity contribution is 0.0697. The van der Waals surface area contributed by atoms with E-state index < -0.39 is 0 Å². The highest BCUT2D eigenvalue weighted by Gasteiger charge is 2.57. The number of amides is 1. The second-order valence-corrected chi connectivity index (χ2v) is 8.76. The number of piperidine rings is 1. The van der Waals surface area contributed by atoms with Crippen molar-refractivity contribution in [3.63, 3.8) is 0 Å². The Balaban J connectivity index is 1.57. The summed E-state index contributed by atoms with van der Waals surface area (Å²) in [5.41, 5.74) is 1.60. The van der Waals surface area contributed by atoms with E-state index in [0.717, 1.165) is 42.4 Å². The molecule has 2 aliphatic rings. The quantitative estimate of drug-likeness (QED) is 0.886. The number of nitrogens with one attached hydrogen (secondary N) is 1. The lowest BCUT2D eigenvalue weighted by Crippen LogP contribution is -2.38. The fraction of sp³-hybridized carbons (Fsp3) is 0.556. The van der Waals surface area contributed by atoms with Gasteiger partial charge in [0.25, 0.3) is 5.91 Å². The summed E-state index contributed by atoms with van der Waals surface area (Å²) in [5, 5.41) is 8.74. The predicted molar refractivity (Wildman–Crippen MR) is 98.6 cm³/mol. The molecule has 0 bridgehead atoms. The minimum absolute atomic E-state index is 0.166. The van der Waals surface area contributed by atoms with Gasteiger partial charge in [-0.3, -0.25) is 4.79 Å². The number of aromatic nitrogens is 1. The molecule has 1 N–H and O–H groups in total. The molecule has 2 aromatic heterocycles. The standard InChI is InChI=1S/C18H23N3OS2/c1-2-16-20-10-14(24-16)17(22)21(11-13-3-8-23-12-13)15-9-18(15)4-6-19-7-5-18/h3,8,10,12,15,19H,2,4-7,9,11H2,1H3/t15-/m1/s1. The summed E-state index contributed by atoms with van der Waals surface area (Å²) in [6.45, 7) is 4.97. The van der Waals surface area contributed by atoms with E-state index in [1.165, 1.54) is 18.4 Å². The molecular formula is C18H23N3OS2. The molecule has 6 heteroatoms. The van der Waals surface area contributed by atoms with Gasteiger partial charge in [0.15, 0.2) is 0 Å². The number of hydrogen-bond acceptors (Lipinski definition) is 5. The van der Waals surface area contributed by atoms with Crippen LogP contribution in [0.2, 0.25) is 0 Å². The van der Waals surface area contributed by atoms with E-state index in [4.69, 9.17) is 0 Å². The molecule has 1 saturated heterocycles. The van der Waals surface area contributed by atoms with Gasteiger partial charge in [-0.2, -0.15) is 11.3 Å². The second kappa shape index (κ2) is 6.58. The van der Waals surface area contributed by atoms with E-state index in [1.807, 2.05) is 0 Å². The molecule has 4 nitrogen and oxygen atoms in total. The highest BCUT2D eigenvalue weighted by molar-refractivity contribution is 7.13. The predicted octanol–water partition coefficient (Wildman–Crippen LogP) is 3.55. The Morgan fingerprint density at radius 1 is 1.46 bits per heavy atom. The minimum atomic E-state index is 0.166. The average molecular weight is 362 g/mol. The SMILES string of the molecule is CCc1ncc(C(=O)N(Cc2ccsc2)[C@@H]2CC23CCNCC3)s1. The Morgan fingerprint density at radius 2 is 2.29 bits per heavy atom. The zero-order chi connectivity index (χ0) is 16.6. The Labute approximate surface area is 150 Å². The van der Waals surface area contributed by atoms with E-state index in [1.54, 1.807) is 28.9 Å². The zero-order valence-corrected chi connectivity index (χ0v) is 15.6. The summed E-state index contributed by atoms with van der Waals surface area (Å²) >= 11 is 3.25. The fourth-order valence-electron chi connectivity index (χ4n) is 3.85. The van der Waals surface area contributed by atoms with Crippen LogP contribution in [0.3, 0.4) is 0 Å². The Kier molecular flexibility index (Phi) is 4.45. The zero-order valence-electron chi connectivity index (χ0n) is 14.0. The maximum absolute atomic E-state index is 13.2. The van der Waals surface area contributed by atoms with Gasteiger partial charge in [-0.15, -0.1) is 11.3 Å². The van der Waals surface area contributed by atoms with Crippen molar-refractivity contribution < 1.29 is 4.79 Å². The number of aryl methyl sites for hydroxylation is 1. The average Bonchev–Trinajstić information content (AvgIpc) is 3.05. The largest absolute Gasteiger partial charge is 0.330 e. The first-order chi connectivity index (χ1) is 11.7. The Hall–Kier alpha value is -1.24. The van der Waals surface area contributed by atoms with Crippen LogP contribution in [0.25, 0.3) is 0 Å². The number of hydrogen-bond donors (Lipinski definition) is 1. The summed E-state index contributed by atoms with van der Waals surface area (Å²) < 4.78 is 0. The first-order valence-electron chi connectivity index (χ1n) is 8.69. The molecule has 1 amide bonds. The van der Waals surface area contributed by atoms with Gasteiger partial charge in [0.1, 0.15) is 4.88 Å². The molecule has 1 atom stereocenters. The highest BCUT2D eigenvalue weighted by atomic mass is 32.1. The summed E-state index contributed by atoms with van der Waals surface area (Å²) in [6, 6.07) is 2.52. The third-order valence-corrected chi connectivity index (χ3v) is 7.24. The van der Waals surface area contributed by atoms with E-state index in [0.29, 0.717) is 11.5 Å². The van der Waals surface area contributed by atoms with Crippen LogP contribution in [0.1, 0.15) is 46.4 Å². The van der Waals surface area contributed by atoms with Gasteiger partial charge in [0, 0.05) is 12.6 Å². The number of carbonyl (C=O) groups excluding carboxylic acids is 1. The van der Waals surface area contributed by atoms with Crippen molar-refractivity contribution in [1.29, 1.82) is 0 Å². The van der Waals surface area contributed by atoms with E-state index in [9.17, 15) is 4.79 Å². The number of thiophene rings is 1. The van der Waals surface area contributed by atoms with Crippen molar-refractivity contribution in [1.82, 2.24) is 15.2 Å². The van der Waals surface area contributed by atoms with Crippen molar-refractivity contribution in [3.8, 4) is 0 Å². The highest BCUT2D eigenvalue weighted by Crippen LogP contribution is 2.56. The van der Waals surface area contributed by atoms with E-state index in [-0.39, 0.29) is 5.91 Å². The molecule has 1 spiro atoms. The second-order valence-electron chi connectivity index (χ2n) is 6.87. The van der Waals surface area contributed by atoms with Crippen molar-refractivity contribution >= 4 is 28.6 Å². The Bertz CT molecular complexity index is 704. The number of nitrogens with zero attached hydrogens (tertiary/aromatic N) is 2. The third-order valence-electron chi connectivity index (χ3n) is 5.38. The molecule has 2 aromatic rings. The lowest BCUT2D eigenvalue weighted by atomic mass is 9.93. The molecule has 0 aromatic carbocycles. The van der Waals surface area contributed by atoms with Crippen LogP contribution in [-0.4, -0.2) is 34.9 Å². The monoisotopic (exact) mass is 361 g/mol. The van der Waals surface area contributed by atoms with Crippen molar-refractivity contribution in [2.75, 3.05) is 13.1 Å². The molecule has 0 unspecified atom stereocenters. The summed E-state index contributed by atoms with van der Waals surface area (Å²) in [7, 11) is 0. The molecule has 3 heterocycles. The van der Waals surface area contributed by atoms with Crippen LogP contribution in [0.15, 0.2) is 23.0 Å². The van der Waals surface area contributed by atoms with Gasteiger partial charge >= 0.3 is 0 Å². The molecule has 24 heavy (non-hydrogen) atoms.